The van der Waals surface area contributed by atoms with Gasteiger partial charge in [0.15, 0.2) is 15.7 Å². The molecule has 1 heterocycles. The van der Waals surface area contributed by atoms with Crippen LogP contribution in [0.2, 0.25) is 5.02 Å². The molecule has 0 aliphatic heterocycles. The second-order valence-electron chi connectivity index (χ2n) is 7.89. The summed E-state index contributed by atoms with van der Waals surface area (Å²) in [6, 6.07) is 15.1. The third-order valence-corrected chi connectivity index (χ3v) is 6.86. The summed E-state index contributed by atoms with van der Waals surface area (Å²) in [5.41, 5.74) is -3.29. The molecule has 1 atom stereocenters. The van der Waals surface area contributed by atoms with Crippen molar-refractivity contribution in [2.45, 2.75) is 30.1 Å². The Morgan fingerprint density at radius 2 is 1.69 bits per heavy atom. The maximum atomic E-state index is 14.3. The molecule has 4 aromatic rings. The van der Waals surface area contributed by atoms with E-state index in [1.807, 2.05) is 0 Å². The number of nitrogens with zero attached hydrogens (tertiary/aromatic N) is 2. The molecule has 4 rings (SSSR count). The number of hydrogen-bond donors (Lipinski definition) is 1. The maximum absolute atomic E-state index is 14.3. The van der Waals surface area contributed by atoms with Crippen LogP contribution >= 0.6 is 11.6 Å². The summed E-state index contributed by atoms with van der Waals surface area (Å²) in [7, 11) is -3.46. The number of ether oxygens (including phenoxy) is 1. The largest absolute Gasteiger partial charge is 0.457 e. The van der Waals surface area contributed by atoms with E-state index in [0.29, 0.717) is 5.52 Å². The molecule has 0 aliphatic carbocycles. The predicted molar refractivity (Wildman–Crippen MR) is 126 cm³/mol. The molecule has 184 valence electrons. The van der Waals surface area contributed by atoms with Crippen molar-refractivity contribution in [1.29, 1.82) is 0 Å². The molecule has 1 N–H and O–H groups in total. The van der Waals surface area contributed by atoms with Crippen LogP contribution in [0.25, 0.3) is 11.0 Å². The number of aromatic nitrogens is 2. The second kappa shape index (κ2) is 8.85. The molecule has 0 radical (unpaired) electrons. The van der Waals surface area contributed by atoms with Gasteiger partial charge in [0.05, 0.1) is 15.9 Å². The minimum Gasteiger partial charge on any atom is -0.457 e. The molecule has 35 heavy (non-hydrogen) atoms. The molecule has 0 aliphatic rings. The smallest absolute Gasteiger partial charge is 0.428 e. The highest BCUT2D eigenvalue weighted by atomic mass is 35.5. The zero-order chi connectivity index (χ0) is 25.6. The van der Waals surface area contributed by atoms with Crippen molar-refractivity contribution < 1.29 is 31.4 Å². The van der Waals surface area contributed by atoms with Crippen LogP contribution in [0.15, 0.2) is 71.6 Å². The van der Waals surface area contributed by atoms with E-state index in [1.54, 1.807) is 13.0 Å². The maximum Gasteiger partial charge on any atom is 0.428 e. The van der Waals surface area contributed by atoms with Crippen LogP contribution in [0.1, 0.15) is 18.3 Å². The third kappa shape index (κ3) is 4.61. The number of alkyl halides is 3. The van der Waals surface area contributed by atoms with Crippen molar-refractivity contribution in [3.63, 3.8) is 0 Å². The summed E-state index contributed by atoms with van der Waals surface area (Å²) in [6.45, 7) is 1.71. The normalized spacial score (nSPS) is 14.1. The summed E-state index contributed by atoms with van der Waals surface area (Å²) in [5, 5.41) is 11.3. The molecule has 0 saturated carbocycles. The van der Waals surface area contributed by atoms with Crippen LogP contribution in [0, 0.1) is 0 Å². The van der Waals surface area contributed by atoms with Crippen LogP contribution in [-0.4, -0.2) is 35.5 Å². The molecule has 0 fully saturated rings. The van der Waals surface area contributed by atoms with Crippen molar-refractivity contribution in [2.24, 2.45) is 0 Å². The van der Waals surface area contributed by atoms with Crippen molar-refractivity contribution in [2.75, 3.05) is 6.26 Å². The zero-order valence-electron chi connectivity index (χ0n) is 18.5. The number of rotatable bonds is 6. The lowest BCUT2D eigenvalue weighted by molar-refractivity contribution is -0.252. The fourth-order valence-corrected chi connectivity index (χ4v) is 4.56. The van der Waals surface area contributed by atoms with Crippen LogP contribution in [-0.2, 0) is 22.0 Å². The summed E-state index contributed by atoms with van der Waals surface area (Å²) < 4.78 is 73.6. The Bertz CT molecular complexity index is 1500. The monoisotopic (exact) mass is 524 g/mol. The summed E-state index contributed by atoms with van der Waals surface area (Å²) in [5.74, 6) is -0.101. The average molecular weight is 525 g/mol. The Balaban J connectivity index is 1.83. The highest BCUT2D eigenvalue weighted by Crippen LogP contribution is 2.45. The van der Waals surface area contributed by atoms with Gasteiger partial charge in [-0.05, 0) is 49.4 Å². The lowest BCUT2D eigenvalue weighted by atomic mass is 9.92. The Hall–Kier alpha value is -3.08. The number of sulfone groups is 1. The number of aryl methyl sites for hydroxylation is 1. The minimum absolute atomic E-state index is 0.0650. The second-order valence-corrected chi connectivity index (χ2v) is 10.3. The first-order valence-electron chi connectivity index (χ1n) is 10.4. The van der Waals surface area contributed by atoms with Crippen LogP contribution < -0.4 is 4.74 Å². The topological polar surface area (TPSA) is 81.4 Å². The number of hydrogen-bond acceptors (Lipinski definition) is 5. The Kier molecular flexibility index (Phi) is 6.33. The van der Waals surface area contributed by atoms with Crippen LogP contribution in [0.5, 0.6) is 11.5 Å². The fourth-order valence-electron chi connectivity index (χ4n) is 3.78. The Morgan fingerprint density at radius 3 is 2.29 bits per heavy atom. The highest BCUT2D eigenvalue weighted by molar-refractivity contribution is 7.90. The average Bonchev–Trinajstić information content (AvgIpc) is 3.16. The van der Waals surface area contributed by atoms with E-state index in [4.69, 9.17) is 16.3 Å². The summed E-state index contributed by atoms with van der Waals surface area (Å²) in [4.78, 5) is 4.21. The molecule has 1 aromatic heterocycles. The first kappa shape index (κ1) is 25.0. The van der Waals surface area contributed by atoms with E-state index >= 15 is 0 Å². The number of imidazole rings is 1. The number of fused-ring (bicyclic) bond motifs is 1. The molecular formula is C24H20ClF3N2O4S. The summed E-state index contributed by atoms with van der Waals surface area (Å²) >= 11 is 5.83. The van der Waals surface area contributed by atoms with Crippen molar-refractivity contribution in [3.05, 3.63) is 83.1 Å². The number of halogens is 4. The van der Waals surface area contributed by atoms with Gasteiger partial charge in [0.1, 0.15) is 11.5 Å². The summed E-state index contributed by atoms with van der Waals surface area (Å²) in [6.07, 6.45) is -4.01. The van der Waals surface area contributed by atoms with Crippen molar-refractivity contribution in [1.82, 2.24) is 9.55 Å². The molecule has 3 aromatic carbocycles. The zero-order valence-corrected chi connectivity index (χ0v) is 20.1. The van der Waals surface area contributed by atoms with Gasteiger partial charge in [-0.2, -0.15) is 13.2 Å². The minimum atomic E-state index is -5.08. The van der Waals surface area contributed by atoms with E-state index in [0.717, 1.165) is 18.4 Å². The van der Waals surface area contributed by atoms with E-state index < -0.39 is 33.0 Å². The van der Waals surface area contributed by atoms with Gasteiger partial charge in [0.2, 0.25) is 5.60 Å². The molecular weight excluding hydrogens is 505 g/mol. The fraction of sp³-hybridized carbons (Fsp3) is 0.208. The van der Waals surface area contributed by atoms with Crippen LogP contribution in [0.3, 0.4) is 0 Å². The van der Waals surface area contributed by atoms with Gasteiger partial charge in [0.25, 0.3) is 0 Å². The standard InChI is InChI=1S/C24H20ClF3N2O4S/c1-3-30-21-14-18(34-17-5-4-6-19(13-17)35(2,32)33)11-12-20(21)29-22(30)23(31,24(26,27)28)15-7-9-16(25)10-8-15/h4-14,31H,3H2,1-2H3. The van der Waals surface area contributed by atoms with Gasteiger partial charge in [-0.25, -0.2) is 13.4 Å². The molecule has 0 spiro atoms. The number of aliphatic hydroxyl groups is 1. The molecule has 6 nitrogen and oxygen atoms in total. The lowest BCUT2D eigenvalue weighted by Gasteiger charge is -2.30. The molecule has 0 amide bonds. The van der Waals surface area contributed by atoms with Gasteiger partial charge >= 0.3 is 6.18 Å². The first-order chi connectivity index (χ1) is 16.3. The van der Waals surface area contributed by atoms with E-state index in [1.165, 1.54) is 53.1 Å². The molecule has 0 bridgehead atoms. The van der Waals surface area contributed by atoms with Gasteiger partial charge < -0.3 is 14.4 Å². The highest BCUT2D eigenvalue weighted by Gasteiger charge is 2.59. The van der Waals surface area contributed by atoms with Gasteiger partial charge in [-0.3, -0.25) is 0 Å². The van der Waals surface area contributed by atoms with E-state index in [9.17, 15) is 26.7 Å². The van der Waals surface area contributed by atoms with E-state index in [2.05, 4.69) is 4.98 Å². The SMILES string of the molecule is CCn1c(C(O)(c2ccc(Cl)cc2)C(F)(F)F)nc2ccc(Oc3cccc(S(C)(=O)=O)c3)cc21. The van der Waals surface area contributed by atoms with Crippen molar-refractivity contribution >= 4 is 32.5 Å². The molecule has 11 heteroatoms. The lowest BCUT2D eigenvalue weighted by Crippen LogP contribution is -2.45. The molecule has 1 unspecified atom stereocenters. The Morgan fingerprint density at radius 1 is 1.03 bits per heavy atom. The number of benzene rings is 3. The van der Waals surface area contributed by atoms with Crippen molar-refractivity contribution in [3.8, 4) is 11.5 Å². The van der Waals surface area contributed by atoms with Gasteiger partial charge in [-0.15, -0.1) is 0 Å². The first-order valence-corrected chi connectivity index (χ1v) is 12.7. The Labute approximate surface area is 204 Å². The third-order valence-electron chi connectivity index (χ3n) is 5.50. The van der Waals surface area contributed by atoms with E-state index in [-0.39, 0.29) is 33.5 Å². The quantitative estimate of drug-likeness (QED) is 0.350. The predicted octanol–water partition coefficient (Wildman–Crippen LogP) is 5.70. The molecule has 0 saturated heterocycles. The van der Waals surface area contributed by atoms with Crippen LogP contribution in [0.4, 0.5) is 13.2 Å². The van der Waals surface area contributed by atoms with Gasteiger partial charge in [0, 0.05) is 29.5 Å². The van der Waals surface area contributed by atoms with Gasteiger partial charge in [-0.1, -0.05) is 29.8 Å².